The fourth-order valence-electron chi connectivity index (χ4n) is 2.77. The quantitative estimate of drug-likeness (QED) is 0.542. The van der Waals surface area contributed by atoms with E-state index in [4.69, 9.17) is 4.74 Å². The number of hydrogen-bond donors (Lipinski definition) is 0. The first-order chi connectivity index (χ1) is 12.2. The Morgan fingerprint density at radius 1 is 1.08 bits per heavy atom. The van der Waals surface area contributed by atoms with Gasteiger partial charge in [0.1, 0.15) is 11.6 Å². The molecule has 0 unspecified atom stereocenters. The molecule has 0 spiro atoms. The summed E-state index contributed by atoms with van der Waals surface area (Å²) in [6, 6.07) is 14.8. The first kappa shape index (κ1) is 15.3. The molecule has 4 aromatic rings. The predicted molar refractivity (Wildman–Crippen MR) is 94.3 cm³/mol. The highest BCUT2D eigenvalue weighted by Crippen LogP contribution is 2.30. The van der Waals surface area contributed by atoms with Crippen molar-refractivity contribution in [3.05, 3.63) is 84.2 Å². The summed E-state index contributed by atoms with van der Waals surface area (Å²) < 4.78 is 21.0. The number of nitrogens with zero attached hydrogens (tertiary/aromatic N) is 3. The van der Waals surface area contributed by atoms with Gasteiger partial charge in [-0.2, -0.15) is 0 Å². The molecular weight excluding hydrogens is 317 g/mol. The monoisotopic (exact) mass is 333 g/mol. The van der Waals surface area contributed by atoms with Crippen molar-refractivity contribution in [2.75, 3.05) is 0 Å². The van der Waals surface area contributed by atoms with Gasteiger partial charge in [-0.05, 0) is 48.9 Å². The van der Waals surface area contributed by atoms with Gasteiger partial charge in [-0.3, -0.25) is 4.98 Å². The van der Waals surface area contributed by atoms with Crippen LogP contribution in [0, 0.1) is 12.7 Å². The molecule has 3 aromatic heterocycles. The Bertz CT molecular complexity index is 1020. The molecule has 0 aliphatic rings. The Kier molecular flexibility index (Phi) is 3.90. The lowest BCUT2D eigenvalue weighted by Gasteiger charge is -2.08. The van der Waals surface area contributed by atoms with Gasteiger partial charge in [0, 0.05) is 23.8 Å². The standard InChI is InChI=1S/C20H16FN3O/c1-14-7-9-22-20(11-14)25-19-4-2-3-18-17(19)8-10-24(18)13-16-6-5-15(21)12-23-16/h2-12H,13H2,1H3. The van der Waals surface area contributed by atoms with Crippen LogP contribution in [-0.4, -0.2) is 14.5 Å². The fraction of sp³-hybridized carbons (Fsp3) is 0.100. The van der Waals surface area contributed by atoms with Crippen molar-refractivity contribution in [3.63, 3.8) is 0 Å². The molecule has 25 heavy (non-hydrogen) atoms. The van der Waals surface area contributed by atoms with E-state index in [-0.39, 0.29) is 5.82 Å². The maximum atomic E-state index is 13.0. The number of fused-ring (bicyclic) bond motifs is 1. The van der Waals surface area contributed by atoms with Crippen molar-refractivity contribution < 1.29 is 9.13 Å². The summed E-state index contributed by atoms with van der Waals surface area (Å²) >= 11 is 0. The highest BCUT2D eigenvalue weighted by Gasteiger charge is 2.09. The summed E-state index contributed by atoms with van der Waals surface area (Å²) in [5.41, 5.74) is 2.92. The zero-order valence-electron chi connectivity index (χ0n) is 13.7. The average molecular weight is 333 g/mol. The molecular formula is C20H16FN3O. The predicted octanol–water partition coefficient (Wildman–Crippen LogP) is 4.72. The smallest absolute Gasteiger partial charge is 0.219 e. The van der Waals surface area contributed by atoms with Gasteiger partial charge >= 0.3 is 0 Å². The van der Waals surface area contributed by atoms with E-state index in [1.165, 1.54) is 12.3 Å². The molecule has 5 heteroatoms. The van der Waals surface area contributed by atoms with E-state index >= 15 is 0 Å². The van der Waals surface area contributed by atoms with Crippen molar-refractivity contribution in [1.82, 2.24) is 14.5 Å². The van der Waals surface area contributed by atoms with Crippen molar-refractivity contribution in [2.24, 2.45) is 0 Å². The van der Waals surface area contributed by atoms with E-state index in [9.17, 15) is 4.39 Å². The third-order valence-electron chi connectivity index (χ3n) is 4.00. The van der Waals surface area contributed by atoms with Crippen LogP contribution in [0.3, 0.4) is 0 Å². The summed E-state index contributed by atoms with van der Waals surface area (Å²) in [7, 11) is 0. The molecule has 0 saturated heterocycles. The van der Waals surface area contributed by atoms with Crippen LogP contribution in [-0.2, 0) is 6.54 Å². The third-order valence-corrected chi connectivity index (χ3v) is 4.00. The minimum Gasteiger partial charge on any atom is -0.438 e. The molecule has 124 valence electrons. The SMILES string of the molecule is Cc1ccnc(Oc2cccc3c2ccn3Cc2ccc(F)cn2)c1. The highest BCUT2D eigenvalue weighted by molar-refractivity contribution is 5.86. The number of benzene rings is 1. The molecule has 0 aliphatic heterocycles. The maximum absolute atomic E-state index is 13.0. The van der Waals surface area contributed by atoms with E-state index in [1.807, 2.05) is 49.5 Å². The zero-order chi connectivity index (χ0) is 17.2. The van der Waals surface area contributed by atoms with Crippen molar-refractivity contribution in [1.29, 1.82) is 0 Å². The van der Waals surface area contributed by atoms with Crippen LogP contribution in [0.1, 0.15) is 11.3 Å². The van der Waals surface area contributed by atoms with E-state index in [0.717, 1.165) is 27.9 Å². The summed E-state index contributed by atoms with van der Waals surface area (Å²) in [5.74, 6) is 0.990. The van der Waals surface area contributed by atoms with Crippen LogP contribution in [0.25, 0.3) is 10.9 Å². The van der Waals surface area contributed by atoms with Gasteiger partial charge in [-0.15, -0.1) is 0 Å². The van der Waals surface area contributed by atoms with Crippen molar-refractivity contribution in [3.8, 4) is 11.6 Å². The minimum atomic E-state index is -0.331. The number of aromatic nitrogens is 3. The normalized spacial score (nSPS) is 11.0. The molecule has 0 amide bonds. The number of rotatable bonds is 4. The second-order valence-electron chi connectivity index (χ2n) is 5.87. The maximum Gasteiger partial charge on any atom is 0.219 e. The van der Waals surface area contributed by atoms with Crippen LogP contribution >= 0.6 is 0 Å². The molecule has 0 radical (unpaired) electrons. The average Bonchev–Trinajstić information content (AvgIpc) is 3.01. The topological polar surface area (TPSA) is 39.9 Å². The Morgan fingerprint density at radius 2 is 2.00 bits per heavy atom. The van der Waals surface area contributed by atoms with Crippen LogP contribution in [0.2, 0.25) is 0 Å². The number of hydrogen-bond acceptors (Lipinski definition) is 3. The van der Waals surface area contributed by atoms with E-state index in [0.29, 0.717) is 12.4 Å². The lowest BCUT2D eigenvalue weighted by Crippen LogP contribution is -2.00. The van der Waals surface area contributed by atoms with Crippen LogP contribution in [0.4, 0.5) is 4.39 Å². The Hall–Kier alpha value is -3.21. The Morgan fingerprint density at radius 3 is 2.80 bits per heavy atom. The summed E-state index contributed by atoms with van der Waals surface area (Å²) in [4.78, 5) is 8.37. The Balaban J connectivity index is 1.66. The van der Waals surface area contributed by atoms with Gasteiger partial charge in [-0.25, -0.2) is 9.37 Å². The van der Waals surface area contributed by atoms with Crippen LogP contribution < -0.4 is 4.74 Å². The second-order valence-corrected chi connectivity index (χ2v) is 5.87. The largest absolute Gasteiger partial charge is 0.438 e. The molecule has 4 rings (SSSR count). The molecule has 4 nitrogen and oxygen atoms in total. The van der Waals surface area contributed by atoms with E-state index in [1.54, 1.807) is 12.3 Å². The van der Waals surface area contributed by atoms with Gasteiger partial charge in [0.15, 0.2) is 0 Å². The second kappa shape index (κ2) is 6.36. The minimum absolute atomic E-state index is 0.331. The number of halogens is 1. The summed E-state index contributed by atoms with van der Waals surface area (Å²) in [5, 5.41) is 0.993. The number of aryl methyl sites for hydroxylation is 1. The molecule has 3 heterocycles. The van der Waals surface area contributed by atoms with Gasteiger partial charge in [0.2, 0.25) is 5.88 Å². The lowest BCUT2D eigenvalue weighted by atomic mass is 10.2. The molecule has 0 N–H and O–H groups in total. The number of pyridine rings is 2. The molecule has 1 aromatic carbocycles. The van der Waals surface area contributed by atoms with Gasteiger partial charge in [0.25, 0.3) is 0 Å². The lowest BCUT2D eigenvalue weighted by molar-refractivity contribution is 0.468. The van der Waals surface area contributed by atoms with E-state index in [2.05, 4.69) is 14.5 Å². The molecule has 0 fully saturated rings. The first-order valence-electron chi connectivity index (χ1n) is 7.98. The molecule has 0 bridgehead atoms. The summed E-state index contributed by atoms with van der Waals surface area (Å²) in [6.45, 7) is 2.57. The zero-order valence-corrected chi connectivity index (χ0v) is 13.7. The highest BCUT2D eigenvalue weighted by atomic mass is 19.1. The van der Waals surface area contributed by atoms with Gasteiger partial charge in [0.05, 0.1) is 24.0 Å². The third kappa shape index (κ3) is 3.21. The molecule has 0 atom stereocenters. The van der Waals surface area contributed by atoms with Crippen molar-refractivity contribution >= 4 is 10.9 Å². The van der Waals surface area contributed by atoms with Gasteiger partial charge < -0.3 is 9.30 Å². The van der Waals surface area contributed by atoms with E-state index < -0.39 is 0 Å². The van der Waals surface area contributed by atoms with Crippen molar-refractivity contribution in [2.45, 2.75) is 13.5 Å². The van der Waals surface area contributed by atoms with Crippen LogP contribution in [0.15, 0.2) is 67.1 Å². The van der Waals surface area contributed by atoms with Gasteiger partial charge in [-0.1, -0.05) is 6.07 Å². The first-order valence-corrected chi connectivity index (χ1v) is 7.98. The fourth-order valence-corrected chi connectivity index (χ4v) is 2.77. The Labute approximate surface area is 144 Å². The van der Waals surface area contributed by atoms with Crippen LogP contribution in [0.5, 0.6) is 11.6 Å². The molecule has 0 aliphatic carbocycles. The number of ether oxygens (including phenoxy) is 1. The molecule has 0 saturated carbocycles. The summed E-state index contributed by atoms with van der Waals surface area (Å²) in [6.07, 6.45) is 4.95.